The van der Waals surface area contributed by atoms with Gasteiger partial charge in [-0.1, -0.05) is 44.5 Å². The summed E-state index contributed by atoms with van der Waals surface area (Å²) in [7, 11) is 0. The number of pyridine rings is 1. The fraction of sp³-hybridized carbons (Fsp3) is 0.412. The van der Waals surface area contributed by atoms with E-state index in [1.807, 2.05) is 24.3 Å². The van der Waals surface area contributed by atoms with Gasteiger partial charge in [-0.2, -0.15) is 0 Å². The van der Waals surface area contributed by atoms with Gasteiger partial charge >= 0.3 is 5.97 Å². The van der Waals surface area contributed by atoms with Gasteiger partial charge in [0.05, 0.1) is 0 Å². The number of anilines is 1. The van der Waals surface area contributed by atoms with Gasteiger partial charge in [-0.05, 0) is 29.7 Å². The first-order valence-electron chi connectivity index (χ1n) is 7.37. The first kappa shape index (κ1) is 13.9. The van der Waals surface area contributed by atoms with Crippen molar-refractivity contribution in [2.24, 2.45) is 5.41 Å². The zero-order valence-electron chi connectivity index (χ0n) is 12.4. The van der Waals surface area contributed by atoms with Crippen LogP contribution in [0.2, 0.25) is 0 Å². The third kappa shape index (κ3) is 2.58. The Bertz CT molecular complexity index is 694. The molecule has 4 nitrogen and oxygen atoms in total. The molecule has 1 unspecified atom stereocenters. The minimum atomic E-state index is -0.991. The Labute approximate surface area is 124 Å². The minimum Gasteiger partial charge on any atom is -0.477 e. The van der Waals surface area contributed by atoms with Crippen molar-refractivity contribution in [2.45, 2.75) is 39.2 Å². The molecule has 110 valence electrons. The van der Waals surface area contributed by atoms with Crippen molar-refractivity contribution < 1.29 is 9.90 Å². The van der Waals surface area contributed by atoms with Crippen LogP contribution < -0.4 is 5.32 Å². The van der Waals surface area contributed by atoms with Crippen LogP contribution >= 0.6 is 0 Å². The second kappa shape index (κ2) is 5.02. The normalized spacial score (nSPS) is 20.6. The van der Waals surface area contributed by atoms with E-state index in [4.69, 9.17) is 0 Å². The van der Waals surface area contributed by atoms with Crippen LogP contribution in [0.1, 0.15) is 43.6 Å². The summed E-state index contributed by atoms with van der Waals surface area (Å²) in [6, 6.07) is 9.74. The van der Waals surface area contributed by atoms with Gasteiger partial charge in [0.2, 0.25) is 0 Å². The van der Waals surface area contributed by atoms with Gasteiger partial charge in [0.15, 0.2) is 5.69 Å². The van der Waals surface area contributed by atoms with E-state index in [-0.39, 0.29) is 11.1 Å². The molecule has 1 aromatic heterocycles. The maximum absolute atomic E-state index is 11.3. The van der Waals surface area contributed by atoms with Gasteiger partial charge in [-0.3, -0.25) is 0 Å². The number of nitrogens with zero attached hydrogens (tertiary/aromatic N) is 1. The highest BCUT2D eigenvalue weighted by Gasteiger charge is 2.34. The molecule has 1 aliphatic rings. The maximum atomic E-state index is 11.3. The van der Waals surface area contributed by atoms with E-state index >= 15 is 0 Å². The summed E-state index contributed by atoms with van der Waals surface area (Å²) >= 11 is 0. The fourth-order valence-electron chi connectivity index (χ4n) is 3.18. The number of hydrogen-bond donors (Lipinski definition) is 2. The van der Waals surface area contributed by atoms with Crippen LogP contribution in [-0.2, 0) is 0 Å². The number of benzene rings is 1. The second-order valence-electron chi connectivity index (χ2n) is 6.46. The molecule has 2 N–H and O–H groups in total. The Morgan fingerprint density at radius 1 is 1.38 bits per heavy atom. The molecule has 2 aromatic rings. The van der Waals surface area contributed by atoms with E-state index in [0.29, 0.717) is 11.9 Å². The zero-order valence-corrected chi connectivity index (χ0v) is 12.4. The molecule has 4 heteroatoms. The molecule has 1 saturated carbocycles. The van der Waals surface area contributed by atoms with Gasteiger partial charge < -0.3 is 10.4 Å². The molecule has 0 amide bonds. The van der Waals surface area contributed by atoms with Crippen molar-refractivity contribution in [3.8, 4) is 0 Å². The highest BCUT2D eigenvalue weighted by Crippen LogP contribution is 2.39. The number of fused-ring (bicyclic) bond motifs is 1. The Kier molecular flexibility index (Phi) is 3.32. The first-order chi connectivity index (χ1) is 9.97. The maximum Gasteiger partial charge on any atom is 0.354 e. The van der Waals surface area contributed by atoms with E-state index in [1.165, 1.54) is 12.8 Å². The van der Waals surface area contributed by atoms with Crippen LogP contribution in [0.4, 0.5) is 5.82 Å². The molecular formula is C17H20N2O2. The number of hydrogen-bond acceptors (Lipinski definition) is 3. The van der Waals surface area contributed by atoms with Gasteiger partial charge in [-0.25, -0.2) is 9.78 Å². The summed E-state index contributed by atoms with van der Waals surface area (Å²) in [5, 5.41) is 14.6. The molecule has 1 fully saturated rings. The van der Waals surface area contributed by atoms with Crippen LogP contribution in [0.15, 0.2) is 30.3 Å². The molecule has 1 aliphatic carbocycles. The number of aromatic nitrogens is 1. The van der Waals surface area contributed by atoms with Crippen molar-refractivity contribution in [3.63, 3.8) is 0 Å². The zero-order chi connectivity index (χ0) is 15.0. The lowest BCUT2D eigenvalue weighted by Gasteiger charge is -2.28. The van der Waals surface area contributed by atoms with E-state index < -0.39 is 5.97 Å². The summed E-state index contributed by atoms with van der Waals surface area (Å²) in [6.07, 6.45) is 3.47. The van der Waals surface area contributed by atoms with Crippen molar-refractivity contribution >= 4 is 22.6 Å². The molecule has 3 rings (SSSR count). The summed E-state index contributed by atoms with van der Waals surface area (Å²) in [4.78, 5) is 15.6. The SMILES string of the molecule is CC1(C)CCCC1Nc1nc(C(=O)O)cc2ccccc12. The molecule has 0 bridgehead atoms. The number of carboxylic acid groups (broad SMARTS) is 1. The largest absolute Gasteiger partial charge is 0.477 e. The Balaban J connectivity index is 2.06. The van der Waals surface area contributed by atoms with Crippen LogP contribution in [0, 0.1) is 5.41 Å². The van der Waals surface area contributed by atoms with Crippen molar-refractivity contribution in [1.29, 1.82) is 0 Å². The summed E-state index contributed by atoms with van der Waals surface area (Å²) < 4.78 is 0. The Morgan fingerprint density at radius 3 is 2.81 bits per heavy atom. The van der Waals surface area contributed by atoms with Crippen molar-refractivity contribution in [3.05, 3.63) is 36.0 Å². The Morgan fingerprint density at radius 2 is 2.14 bits per heavy atom. The van der Waals surface area contributed by atoms with Crippen LogP contribution in [-0.4, -0.2) is 22.1 Å². The fourth-order valence-corrected chi connectivity index (χ4v) is 3.18. The highest BCUT2D eigenvalue weighted by molar-refractivity contribution is 5.97. The summed E-state index contributed by atoms with van der Waals surface area (Å²) in [6.45, 7) is 4.50. The molecule has 1 atom stereocenters. The molecule has 0 saturated heterocycles. The van der Waals surface area contributed by atoms with Gasteiger partial charge in [0.1, 0.15) is 5.82 Å². The van der Waals surface area contributed by atoms with Crippen LogP contribution in [0.5, 0.6) is 0 Å². The molecule has 21 heavy (non-hydrogen) atoms. The number of aromatic carboxylic acids is 1. The number of carbonyl (C=O) groups is 1. The van der Waals surface area contributed by atoms with E-state index in [0.717, 1.165) is 17.2 Å². The molecule has 0 spiro atoms. The summed E-state index contributed by atoms with van der Waals surface area (Å²) in [5.74, 6) is -0.306. The third-order valence-electron chi connectivity index (χ3n) is 4.53. The van der Waals surface area contributed by atoms with Crippen molar-refractivity contribution in [2.75, 3.05) is 5.32 Å². The molecule has 0 aliphatic heterocycles. The standard InChI is InChI=1S/C17H20N2O2/c1-17(2)9-5-8-14(17)19-15-12-7-4-3-6-11(12)10-13(18-15)16(20)21/h3-4,6-7,10,14H,5,8-9H2,1-2H3,(H,18,19)(H,20,21). The first-order valence-corrected chi connectivity index (χ1v) is 7.37. The van der Waals surface area contributed by atoms with Gasteiger partial charge in [0, 0.05) is 11.4 Å². The van der Waals surface area contributed by atoms with Crippen LogP contribution in [0.3, 0.4) is 0 Å². The lowest BCUT2D eigenvalue weighted by atomic mass is 9.87. The summed E-state index contributed by atoms with van der Waals surface area (Å²) in [5.41, 5.74) is 0.300. The Hall–Kier alpha value is -2.10. The van der Waals surface area contributed by atoms with E-state index in [9.17, 15) is 9.90 Å². The van der Waals surface area contributed by atoms with Gasteiger partial charge in [-0.15, -0.1) is 0 Å². The third-order valence-corrected chi connectivity index (χ3v) is 4.53. The molecular weight excluding hydrogens is 264 g/mol. The number of nitrogens with one attached hydrogen (secondary N) is 1. The smallest absolute Gasteiger partial charge is 0.354 e. The van der Waals surface area contributed by atoms with Gasteiger partial charge in [0.25, 0.3) is 0 Å². The predicted molar refractivity (Wildman–Crippen MR) is 83.7 cm³/mol. The minimum absolute atomic E-state index is 0.0898. The molecule has 1 aromatic carbocycles. The second-order valence-corrected chi connectivity index (χ2v) is 6.46. The average Bonchev–Trinajstić information content (AvgIpc) is 2.77. The highest BCUT2D eigenvalue weighted by atomic mass is 16.4. The topological polar surface area (TPSA) is 62.2 Å². The lowest BCUT2D eigenvalue weighted by Crippen LogP contribution is -2.31. The predicted octanol–water partition coefficient (Wildman–Crippen LogP) is 3.92. The van der Waals surface area contributed by atoms with E-state index in [2.05, 4.69) is 24.1 Å². The number of rotatable bonds is 3. The van der Waals surface area contributed by atoms with E-state index in [1.54, 1.807) is 6.07 Å². The molecule has 1 heterocycles. The quantitative estimate of drug-likeness (QED) is 0.896. The van der Waals surface area contributed by atoms with Crippen LogP contribution in [0.25, 0.3) is 10.8 Å². The average molecular weight is 284 g/mol. The molecule has 0 radical (unpaired) electrons. The lowest BCUT2D eigenvalue weighted by molar-refractivity contribution is 0.0691. The number of carboxylic acids is 1. The van der Waals surface area contributed by atoms with Crippen molar-refractivity contribution in [1.82, 2.24) is 4.98 Å². The monoisotopic (exact) mass is 284 g/mol.